The lowest BCUT2D eigenvalue weighted by Crippen LogP contribution is -2.55. The molecule has 1 N–H and O–H groups in total. The first-order chi connectivity index (χ1) is 13.6. The van der Waals surface area contributed by atoms with Crippen LogP contribution in [0.25, 0.3) is 0 Å². The van der Waals surface area contributed by atoms with Crippen molar-refractivity contribution >= 4 is 23.9 Å². The van der Waals surface area contributed by atoms with Crippen LogP contribution in [0.4, 0.5) is 9.59 Å². The minimum absolute atomic E-state index is 0.0515. The topological polar surface area (TPSA) is 99.3 Å². The molecule has 1 aliphatic carbocycles. The van der Waals surface area contributed by atoms with Gasteiger partial charge in [0.15, 0.2) is 0 Å². The smallest absolute Gasteiger partial charge is 0.409 e. The highest BCUT2D eigenvalue weighted by Gasteiger charge is 2.56. The number of amides is 5. The summed E-state index contributed by atoms with van der Waals surface area (Å²) in [6.45, 7) is 9.58. The molecule has 9 heteroatoms. The van der Waals surface area contributed by atoms with Gasteiger partial charge in [-0.15, -0.1) is 0 Å². The van der Waals surface area contributed by atoms with Crippen molar-refractivity contribution in [1.82, 2.24) is 20.0 Å². The number of hydrogen-bond donors (Lipinski definition) is 1. The van der Waals surface area contributed by atoms with E-state index in [1.54, 1.807) is 16.7 Å². The molecular weight excluding hydrogens is 376 g/mol. The van der Waals surface area contributed by atoms with Gasteiger partial charge in [0.05, 0.1) is 6.61 Å². The zero-order chi connectivity index (χ0) is 21.4. The summed E-state index contributed by atoms with van der Waals surface area (Å²) in [7, 11) is 0. The molecule has 0 aromatic heterocycles. The average Bonchev–Trinajstić information content (AvgIpc) is 2.83. The van der Waals surface area contributed by atoms with Crippen LogP contribution < -0.4 is 5.32 Å². The Morgan fingerprint density at radius 2 is 1.72 bits per heavy atom. The van der Waals surface area contributed by atoms with Gasteiger partial charge in [-0.25, -0.2) is 9.59 Å². The second kappa shape index (κ2) is 7.84. The quantitative estimate of drug-likeness (QED) is 0.712. The number of hydrogen-bond acceptors (Lipinski definition) is 5. The monoisotopic (exact) mass is 408 g/mol. The van der Waals surface area contributed by atoms with E-state index >= 15 is 0 Å². The molecule has 2 heterocycles. The van der Waals surface area contributed by atoms with Gasteiger partial charge in [-0.3, -0.25) is 14.5 Å². The van der Waals surface area contributed by atoms with Crippen molar-refractivity contribution in [2.24, 2.45) is 11.3 Å². The molecule has 5 amide bonds. The zero-order valence-electron chi connectivity index (χ0n) is 17.8. The molecule has 1 saturated carbocycles. The van der Waals surface area contributed by atoms with Crippen molar-refractivity contribution in [3.8, 4) is 0 Å². The molecule has 9 nitrogen and oxygen atoms in total. The molecule has 0 aromatic carbocycles. The summed E-state index contributed by atoms with van der Waals surface area (Å²) < 4.78 is 4.98. The van der Waals surface area contributed by atoms with Gasteiger partial charge in [-0.1, -0.05) is 20.8 Å². The zero-order valence-corrected chi connectivity index (χ0v) is 17.8. The Labute approximate surface area is 171 Å². The van der Waals surface area contributed by atoms with E-state index in [9.17, 15) is 19.2 Å². The van der Waals surface area contributed by atoms with E-state index in [1.807, 2.05) is 0 Å². The normalized spacial score (nSPS) is 29.2. The fourth-order valence-corrected chi connectivity index (χ4v) is 5.24. The van der Waals surface area contributed by atoms with Crippen molar-refractivity contribution in [1.29, 1.82) is 0 Å². The summed E-state index contributed by atoms with van der Waals surface area (Å²) in [5.41, 5.74) is -0.953. The number of imide groups is 1. The Morgan fingerprint density at radius 1 is 1.10 bits per heavy atom. The summed E-state index contributed by atoms with van der Waals surface area (Å²) in [4.78, 5) is 54.4. The van der Waals surface area contributed by atoms with Gasteiger partial charge < -0.3 is 19.9 Å². The van der Waals surface area contributed by atoms with E-state index < -0.39 is 11.6 Å². The predicted molar refractivity (Wildman–Crippen MR) is 105 cm³/mol. The Morgan fingerprint density at radius 3 is 2.31 bits per heavy atom. The van der Waals surface area contributed by atoms with E-state index in [4.69, 9.17) is 4.74 Å². The molecule has 29 heavy (non-hydrogen) atoms. The van der Waals surface area contributed by atoms with Gasteiger partial charge in [0.1, 0.15) is 12.1 Å². The molecule has 3 rings (SSSR count). The molecule has 2 saturated heterocycles. The highest BCUT2D eigenvalue weighted by atomic mass is 16.6. The van der Waals surface area contributed by atoms with E-state index in [-0.39, 0.29) is 29.9 Å². The fourth-order valence-electron chi connectivity index (χ4n) is 5.24. The number of rotatable bonds is 3. The Kier molecular flexibility index (Phi) is 5.78. The maximum absolute atomic E-state index is 13.2. The van der Waals surface area contributed by atoms with E-state index in [2.05, 4.69) is 26.1 Å². The largest absolute Gasteiger partial charge is 0.450 e. The number of nitrogens with zero attached hydrogens (tertiary/aromatic N) is 3. The summed E-state index contributed by atoms with van der Waals surface area (Å²) in [6.07, 6.45) is 1.80. The molecule has 2 aliphatic heterocycles. The van der Waals surface area contributed by atoms with E-state index in [0.29, 0.717) is 51.5 Å². The van der Waals surface area contributed by atoms with Crippen LogP contribution in [-0.2, 0) is 14.3 Å². The van der Waals surface area contributed by atoms with Crippen LogP contribution in [-0.4, -0.2) is 83.5 Å². The Bertz CT molecular complexity index is 701. The first-order valence-corrected chi connectivity index (χ1v) is 10.4. The van der Waals surface area contributed by atoms with Gasteiger partial charge >= 0.3 is 12.1 Å². The van der Waals surface area contributed by atoms with Crippen molar-refractivity contribution in [2.75, 3.05) is 39.3 Å². The van der Waals surface area contributed by atoms with Crippen LogP contribution in [0.5, 0.6) is 0 Å². The number of nitrogens with one attached hydrogen (secondary N) is 1. The molecule has 0 aromatic rings. The Balaban J connectivity index is 1.61. The first kappa shape index (κ1) is 21.4. The SMILES string of the molecule is CCOC(=O)N1CCN(C(=O)CN2C(=O)N[C@]3(C[C@@H](C)CC(C)(C)C3)C2=O)CC1. The lowest BCUT2D eigenvalue weighted by molar-refractivity contribution is -0.141. The van der Waals surface area contributed by atoms with Gasteiger partial charge in [-0.2, -0.15) is 0 Å². The highest BCUT2D eigenvalue weighted by molar-refractivity contribution is 6.09. The first-order valence-electron chi connectivity index (χ1n) is 10.4. The third-order valence-corrected chi connectivity index (χ3v) is 6.08. The summed E-state index contributed by atoms with van der Waals surface area (Å²) in [5, 5.41) is 2.90. The molecule has 0 unspecified atom stereocenters. The van der Waals surface area contributed by atoms with Gasteiger partial charge in [0.25, 0.3) is 5.91 Å². The minimum atomic E-state index is -0.902. The second-order valence-electron chi connectivity index (χ2n) is 9.32. The molecule has 0 bridgehead atoms. The highest BCUT2D eigenvalue weighted by Crippen LogP contribution is 2.46. The van der Waals surface area contributed by atoms with Crippen molar-refractivity contribution in [3.63, 3.8) is 0 Å². The summed E-state index contributed by atoms with van der Waals surface area (Å²) in [5.74, 6) is -0.257. The minimum Gasteiger partial charge on any atom is -0.450 e. The molecule has 3 aliphatic rings. The third kappa shape index (κ3) is 4.33. The van der Waals surface area contributed by atoms with Crippen LogP contribution in [0.15, 0.2) is 0 Å². The van der Waals surface area contributed by atoms with Crippen LogP contribution in [0.3, 0.4) is 0 Å². The number of ether oxygens (including phenoxy) is 1. The van der Waals surface area contributed by atoms with Gasteiger partial charge in [-0.05, 0) is 37.5 Å². The van der Waals surface area contributed by atoms with Crippen LogP contribution in [0.1, 0.15) is 47.0 Å². The van der Waals surface area contributed by atoms with E-state index in [0.717, 1.165) is 11.3 Å². The summed E-state index contributed by atoms with van der Waals surface area (Å²) >= 11 is 0. The van der Waals surface area contributed by atoms with Crippen molar-refractivity contribution < 1.29 is 23.9 Å². The fraction of sp³-hybridized carbons (Fsp3) is 0.800. The molecule has 1 spiro atoms. The van der Waals surface area contributed by atoms with Crippen molar-refractivity contribution in [3.05, 3.63) is 0 Å². The molecule has 3 fully saturated rings. The molecule has 0 radical (unpaired) electrons. The number of carbonyl (C=O) groups excluding carboxylic acids is 4. The van der Waals surface area contributed by atoms with Crippen molar-refractivity contribution in [2.45, 2.75) is 52.5 Å². The number of carbonyl (C=O) groups is 4. The number of piperazine rings is 1. The maximum atomic E-state index is 13.2. The van der Waals surface area contributed by atoms with Crippen LogP contribution in [0.2, 0.25) is 0 Å². The molecular formula is C20H32N4O5. The van der Waals surface area contributed by atoms with Gasteiger partial charge in [0, 0.05) is 26.2 Å². The molecule has 162 valence electrons. The molecule has 2 atom stereocenters. The second-order valence-corrected chi connectivity index (χ2v) is 9.32. The summed E-state index contributed by atoms with van der Waals surface area (Å²) in [6, 6.07) is -0.488. The van der Waals surface area contributed by atoms with Crippen LogP contribution >= 0.6 is 0 Å². The lowest BCUT2D eigenvalue weighted by Gasteiger charge is -2.43. The maximum Gasteiger partial charge on any atom is 0.409 e. The lowest BCUT2D eigenvalue weighted by atomic mass is 9.64. The van der Waals surface area contributed by atoms with Gasteiger partial charge in [0.2, 0.25) is 5.91 Å². The van der Waals surface area contributed by atoms with E-state index in [1.165, 1.54) is 0 Å². The number of urea groups is 1. The standard InChI is InChI=1S/C20H32N4O5/c1-5-29-18(28)23-8-6-22(7-9-23)15(25)12-24-16(26)20(21-17(24)27)11-14(2)10-19(3,4)13-20/h14H,5-13H2,1-4H3,(H,21,27)/t14-,20-/m0/s1. The Hall–Kier alpha value is -2.32. The van der Waals surface area contributed by atoms with Crippen LogP contribution in [0, 0.1) is 11.3 Å². The predicted octanol–water partition coefficient (Wildman–Crippen LogP) is 1.42. The third-order valence-electron chi connectivity index (χ3n) is 6.08. The average molecular weight is 408 g/mol.